The van der Waals surface area contributed by atoms with Gasteiger partial charge in [0.25, 0.3) is 0 Å². The van der Waals surface area contributed by atoms with E-state index in [0.717, 1.165) is 4.70 Å². The lowest BCUT2D eigenvalue weighted by Gasteiger charge is -2.51. The molecule has 0 unspecified atom stereocenters. The fraction of sp³-hybridized carbons (Fsp3) is 0.550. The number of ether oxygens (including phenoxy) is 1. The number of carbonyl (C=O) groups excluding carboxylic acids is 2. The first-order valence-corrected chi connectivity index (χ1v) is 10.7. The number of rotatable bonds is 3. The molecule has 11 heteroatoms. The Hall–Kier alpha value is -2.43. The van der Waals surface area contributed by atoms with Crippen LogP contribution in [-0.4, -0.2) is 61.2 Å². The van der Waals surface area contributed by atoms with Crippen molar-refractivity contribution in [2.75, 3.05) is 38.2 Å². The second kappa shape index (κ2) is 6.54. The molecule has 1 aromatic heterocycles. The average Bonchev–Trinajstić information content (AvgIpc) is 3.22. The van der Waals surface area contributed by atoms with Crippen LogP contribution in [0.3, 0.4) is 0 Å². The van der Waals surface area contributed by atoms with Gasteiger partial charge in [0, 0.05) is 37.7 Å². The van der Waals surface area contributed by atoms with Crippen molar-refractivity contribution in [2.45, 2.75) is 19.0 Å². The minimum atomic E-state index is -4.57. The molecule has 31 heavy (non-hydrogen) atoms. The molecular formula is C20H19F4N3O3S. The van der Waals surface area contributed by atoms with Gasteiger partial charge in [-0.05, 0) is 18.9 Å². The molecule has 2 aromatic rings. The molecule has 3 aliphatic rings. The molecule has 2 saturated heterocycles. The Morgan fingerprint density at radius 2 is 1.94 bits per heavy atom. The van der Waals surface area contributed by atoms with Gasteiger partial charge in [0.05, 0.1) is 34.4 Å². The maximum atomic E-state index is 14.1. The van der Waals surface area contributed by atoms with E-state index in [4.69, 9.17) is 4.74 Å². The van der Waals surface area contributed by atoms with Crippen LogP contribution in [0.4, 0.5) is 23.2 Å². The van der Waals surface area contributed by atoms with Crippen LogP contribution in [0.5, 0.6) is 0 Å². The quantitative estimate of drug-likeness (QED) is 0.523. The second-order valence-electron chi connectivity index (χ2n) is 8.69. The summed E-state index contributed by atoms with van der Waals surface area (Å²) in [5.74, 6) is -2.49. The second-order valence-corrected chi connectivity index (χ2v) is 9.54. The number of likely N-dealkylation sites (tertiary alicyclic amines) is 1. The number of thiazole rings is 1. The first-order valence-electron chi connectivity index (χ1n) is 9.82. The van der Waals surface area contributed by atoms with E-state index < -0.39 is 40.6 Å². The lowest BCUT2D eigenvalue weighted by Crippen LogP contribution is -2.65. The van der Waals surface area contributed by atoms with Gasteiger partial charge in [-0.3, -0.25) is 9.59 Å². The number of aromatic nitrogens is 1. The number of benzene rings is 1. The largest absolute Gasteiger partial charge is 0.469 e. The number of anilines is 1. The molecule has 3 fully saturated rings. The number of nitrogens with zero attached hydrogens (tertiary/aromatic N) is 3. The Kier molecular flexibility index (Phi) is 4.32. The van der Waals surface area contributed by atoms with E-state index >= 15 is 0 Å². The van der Waals surface area contributed by atoms with Crippen LogP contribution in [0.2, 0.25) is 0 Å². The third-order valence-corrected chi connectivity index (χ3v) is 7.72. The molecule has 166 valence electrons. The molecule has 6 nitrogen and oxygen atoms in total. The highest BCUT2D eigenvalue weighted by atomic mass is 32.1. The van der Waals surface area contributed by atoms with Crippen LogP contribution < -0.4 is 4.90 Å². The van der Waals surface area contributed by atoms with Gasteiger partial charge in [-0.2, -0.15) is 13.2 Å². The highest BCUT2D eigenvalue weighted by Crippen LogP contribution is 2.60. The topological polar surface area (TPSA) is 62.7 Å². The summed E-state index contributed by atoms with van der Waals surface area (Å²) >= 11 is 1.35. The van der Waals surface area contributed by atoms with Gasteiger partial charge in [-0.15, -0.1) is 11.3 Å². The molecular weight excluding hydrogens is 438 g/mol. The molecule has 1 atom stereocenters. The Morgan fingerprint density at radius 1 is 1.23 bits per heavy atom. The van der Waals surface area contributed by atoms with Crippen molar-refractivity contribution in [1.82, 2.24) is 9.88 Å². The average molecular weight is 457 g/mol. The van der Waals surface area contributed by atoms with Crippen LogP contribution in [0.1, 0.15) is 12.8 Å². The number of alkyl halides is 3. The van der Waals surface area contributed by atoms with Crippen molar-refractivity contribution in [2.24, 2.45) is 16.7 Å². The van der Waals surface area contributed by atoms with Crippen molar-refractivity contribution in [3.8, 4) is 0 Å². The highest BCUT2D eigenvalue weighted by molar-refractivity contribution is 7.17. The van der Waals surface area contributed by atoms with E-state index in [1.807, 2.05) is 4.90 Å². The lowest BCUT2D eigenvalue weighted by atomic mass is 9.71. The zero-order valence-electron chi connectivity index (χ0n) is 16.5. The summed E-state index contributed by atoms with van der Waals surface area (Å²) in [5.41, 5.74) is -0.310. The molecule has 0 N–H and O–H groups in total. The zero-order chi connectivity index (χ0) is 22.2. The minimum Gasteiger partial charge on any atom is -0.469 e. The lowest BCUT2D eigenvalue weighted by molar-refractivity contribution is -0.206. The Balaban J connectivity index is 1.42. The van der Waals surface area contributed by atoms with Crippen molar-refractivity contribution in [1.29, 1.82) is 0 Å². The van der Waals surface area contributed by atoms with Gasteiger partial charge in [0.1, 0.15) is 11.2 Å². The molecule has 1 aromatic carbocycles. The third kappa shape index (κ3) is 2.92. The van der Waals surface area contributed by atoms with Gasteiger partial charge in [0.15, 0.2) is 0 Å². The van der Waals surface area contributed by atoms with E-state index in [0.29, 0.717) is 17.7 Å². The summed E-state index contributed by atoms with van der Waals surface area (Å²) in [7, 11) is 1.26. The number of hydrogen-bond acceptors (Lipinski definition) is 6. The molecule has 2 aliphatic heterocycles. The molecule has 0 radical (unpaired) electrons. The SMILES string of the molecule is COC(=O)[C@@H]1CN(c2cc(F)cc3ncsc23)CC12CN(C(=O)C1(C(F)(F)F)CC1)C2. The van der Waals surface area contributed by atoms with Crippen molar-refractivity contribution in [3.63, 3.8) is 0 Å². The number of esters is 1. The summed E-state index contributed by atoms with van der Waals surface area (Å²) in [6.07, 6.45) is -4.97. The summed E-state index contributed by atoms with van der Waals surface area (Å²) in [5, 5.41) is 0. The standard InChI is InChI=1S/C20H19F4N3O3S/c1-30-16(28)12-6-26(14-5-11(21)4-13-15(14)31-10-25-13)7-18(12)8-27(9-18)17(29)19(2-3-19)20(22,23)24/h4-5,10,12H,2-3,6-9H2,1H3/t12-/m0/s1. The number of fused-ring (bicyclic) bond motifs is 1. The molecule has 5 rings (SSSR count). The maximum absolute atomic E-state index is 14.1. The first-order chi connectivity index (χ1) is 14.6. The van der Waals surface area contributed by atoms with E-state index in [1.165, 1.54) is 35.5 Å². The molecule has 1 saturated carbocycles. The number of halogens is 4. The van der Waals surface area contributed by atoms with E-state index in [-0.39, 0.29) is 32.5 Å². The Morgan fingerprint density at radius 3 is 2.55 bits per heavy atom. The molecule has 1 spiro atoms. The minimum absolute atomic E-state index is 0.0427. The smallest absolute Gasteiger partial charge is 0.403 e. The van der Waals surface area contributed by atoms with Gasteiger partial charge in [0.2, 0.25) is 5.91 Å². The summed E-state index contributed by atoms with van der Waals surface area (Å²) in [4.78, 5) is 32.3. The monoisotopic (exact) mass is 457 g/mol. The predicted molar refractivity (Wildman–Crippen MR) is 104 cm³/mol. The fourth-order valence-corrected chi connectivity index (χ4v) is 5.81. The zero-order valence-corrected chi connectivity index (χ0v) is 17.4. The molecule has 3 heterocycles. The maximum Gasteiger partial charge on any atom is 0.403 e. The van der Waals surface area contributed by atoms with Crippen molar-refractivity contribution >= 4 is 39.1 Å². The first kappa shape index (κ1) is 20.5. The number of hydrogen-bond donors (Lipinski definition) is 0. The summed E-state index contributed by atoms with van der Waals surface area (Å²) < 4.78 is 59.9. The van der Waals surface area contributed by atoms with Crippen LogP contribution >= 0.6 is 11.3 Å². The highest BCUT2D eigenvalue weighted by Gasteiger charge is 2.71. The van der Waals surface area contributed by atoms with Crippen LogP contribution in [-0.2, 0) is 14.3 Å². The van der Waals surface area contributed by atoms with Gasteiger partial charge < -0.3 is 14.5 Å². The number of methoxy groups -OCH3 is 1. The van der Waals surface area contributed by atoms with E-state index in [1.54, 1.807) is 5.51 Å². The Bertz CT molecular complexity index is 1080. The third-order valence-electron chi connectivity index (χ3n) is 6.85. The Labute approximate surface area is 178 Å². The molecule has 1 amide bonds. The van der Waals surface area contributed by atoms with Crippen molar-refractivity contribution < 1.29 is 31.9 Å². The van der Waals surface area contributed by atoms with Gasteiger partial charge in [-0.25, -0.2) is 9.37 Å². The summed E-state index contributed by atoms with van der Waals surface area (Å²) in [6, 6.07) is 2.70. The van der Waals surface area contributed by atoms with Crippen LogP contribution in [0.15, 0.2) is 17.6 Å². The molecule has 1 aliphatic carbocycles. The number of carbonyl (C=O) groups is 2. The summed E-state index contributed by atoms with van der Waals surface area (Å²) in [6.45, 7) is 0.629. The van der Waals surface area contributed by atoms with Crippen LogP contribution in [0, 0.1) is 22.6 Å². The van der Waals surface area contributed by atoms with Gasteiger partial charge in [-0.1, -0.05) is 0 Å². The molecule has 0 bridgehead atoms. The van der Waals surface area contributed by atoms with E-state index in [9.17, 15) is 27.2 Å². The van der Waals surface area contributed by atoms with Crippen LogP contribution in [0.25, 0.3) is 10.2 Å². The van der Waals surface area contributed by atoms with E-state index in [2.05, 4.69) is 4.98 Å². The van der Waals surface area contributed by atoms with Crippen molar-refractivity contribution in [3.05, 3.63) is 23.5 Å². The number of amides is 1. The predicted octanol–water partition coefficient (Wildman–Crippen LogP) is 3.22. The fourth-order valence-electron chi connectivity index (χ4n) is 5.00. The normalized spacial score (nSPS) is 23.8. The van der Waals surface area contributed by atoms with Gasteiger partial charge >= 0.3 is 12.1 Å².